The normalized spacial score (nSPS) is 10.7. The molecular weight excluding hydrogens is 248 g/mol. The molecule has 98 valence electrons. The summed E-state index contributed by atoms with van der Waals surface area (Å²) < 4.78 is 0. The quantitative estimate of drug-likeness (QED) is 0.680. The molecule has 0 N–H and O–H groups in total. The van der Waals surface area contributed by atoms with E-state index in [1.807, 2.05) is 24.3 Å². The molecule has 0 saturated carbocycles. The van der Waals surface area contributed by atoms with E-state index in [2.05, 4.69) is 29.0 Å². The summed E-state index contributed by atoms with van der Waals surface area (Å²) in [5.41, 5.74) is 2.63. The van der Waals surface area contributed by atoms with E-state index in [1.165, 1.54) is 5.56 Å². The number of hydrogen-bond acceptors (Lipinski definition) is 3. The Morgan fingerprint density at radius 1 is 1.05 bits per heavy atom. The van der Waals surface area contributed by atoms with Crippen molar-refractivity contribution in [3.63, 3.8) is 0 Å². The molecule has 0 saturated heterocycles. The molecule has 1 aromatic heterocycles. The smallest absolute Gasteiger partial charge is 0.168 e. The van der Waals surface area contributed by atoms with Crippen LogP contribution in [0.5, 0.6) is 0 Å². The minimum absolute atomic E-state index is 0.0629. The van der Waals surface area contributed by atoms with E-state index in [-0.39, 0.29) is 12.2 Å². The predicted octanol–water partition coefficient (Wildman–Crippen LogP) is 3.36. The van der Waals surface area contributed by atoms with Crippen molar-refractivity contribution in [1.29, 1.82) is 0 Å². The van der Waals surface area contributed by atoms with Crippen LogP contribution in [0.1, 0.15) is 21.6 Å². The van der Waals surface area contributed by atoms with Crippen molar-refractivity contribution in [3.05, 3.63) is 71.8 Å². The highest BCUT2D eigenvalue weighted by molar-refractivity contribution is 6.00. The predicted molar refractivity (Wildman–Crippen MR) is 78.8 cm³/mol. The van der Waals surface area contributed by atoms with Gasteiger partial charge in [-0.05, 0) is 23.8 Å². The Hall–Kier alpha value is -2.55. The van der Waals surface area contributed by atoms with Gasteiger partial charge in [0.25, 0.3) is 0 Å². The second kappa shape index (κ2) is 5.21. The number of nitrogens with zero attached hydrogens (tertiary/aromatic N) is 2. The molecule has 0 radical (unpaired) electrons. The van der Waals surface area contributed by atoms with Gasteiger partial charge in [-0.25, -0.2) is 0 Å². The van der Waals surface area contributed by atoms with Crippen molar-refractivity contribution in [3.8, 4) is 0 Å². The zero-order chi connectivity index (χ0) is 13.9. The second-order valence-electron chi connectivity index (χ2n) is 4.86. The Labute approximate surface area is 117 Å². The van der Waals surface area contributed by atoms with Crippen LogP contribution < -0.4 is 0 Å². The van der Waals surface area contributed by atoms with Gasteiger partial charge in [-0.3, -0.25) is 14.8 Å². The first kappa shape index (κ1) is 12.5. The highest BCUT2D eigenvalue weighted by Crippen LogP contribution is 2.18. The van der Waals surface area contributed by atoms with Gasteiger partial charge in [-0.1, -0.05) is 35.9 Å². The minimum atomic E-state index is 0.0629. The molecule has 0 bridgehead atoms. The van der Waals surface area contributed by atoms with Crippen LogP contribution in [0.2, 0.25) is 0 Å². The van der Waals surface area contributed by atoms with Crippen molar-refractivity contribution in [2.24, 2.45) is 0 Å². The summed E-state index contributed by atoms with van der Waals surface area (Å²) in [6, 6.07) is 12.0. The van der Waals surface area contributed by atoms with Gasteiger partial charge in [0.1, 0.15) is 0 Å². The Balaban J connectivity index is 1.90. The van der Waals surface area contributed by atoms with Crippen LogP contribution in [-0.4, -0.2) is 15.8 Å². The molecule has 3 rings (SSSR count). The number of aromatic nitrogens is 2. The first-order valence-electron chi connectivity index (χ1n) is 6.51. The van der Waals surface area contributed by atoms with Gasteiger partial charge in [-0.15, -0.1) is 0 Å². The molecule has 0 amide bonds. The lowest BCUT2D eigenvalue weighted by atomic mass is 10.0. The summed E-state index contributed by atoms with van der Waals surface area (Å²) in [7, 11) is 0. The lowest BCUT2D eigenvalue weighted by Gasteiger charge is -2.04. The van der Waals surface area contributed by atoms with E-state index in [4.69, 9.17) is 0 Å². The number of ketones is 1. The van der Waals surface area contributed by atoms with E-state index >= 15 is 0 Å². The van der Waals surface area contributed by atoms with E-state index in [0.29, 0.717) is 11.3 Å². The van der Waals surface area contributed by atoms with Gasteiger partial charge in [0.05, 0.1) is 12.1 Å². The average Bonchev–Trinajstić information content (AvgIpc) is 2.47. The largest absolute Gasteiger partial charge is 0.294 e. The maximum Gasteiger partial charge on any atom is 0.168 e. The Kier molecular flexibility index (Phi) is 3.25. The fraction of sp³-hybridized carbons (Fsp3) is 0.118. The number of Topliss-reactive ketones (excluding diaryl/α,β-unsaturated/α-hetero) is 1. The third kappa shape index (κ3) is 2.57. The Morgan fingerprint density at radius 3 is 2.65 bits per heavy atom. The molecule has 3 heteroatoms. The SMILES string of the molecule is Cc1ccc2cc(C(=O)Cc3cnccn3)ccc2c1. The van der Waals surface area contributed by atoms with Gasteiger partial charge in [0.2, 0.25) is 0 Å². The standard InChI is InChI=1S/C17H14N2O/c1-12-2-3-14-9-15(5-4-13(14)8-12)17(20)10-16-11-18-6-7-19-16/h2-9,11H,10H2,1H3. The Bertz CT molecular complexity index is 766. The van der Waals surface area contributed by atoms with Gasteiger partial charge in [0.15, 0.2) is 5.78 Å². The molecule has 0 aliphatic carbocycles. The van der Waals surface area contributed by atoms with E-state index in [1.54, 1.807) is 18.6 Å². The zero-order valence-electron chi connectivity index (χ0n) is 11.2. The van der Waals surface area contributed by atoms with Gasteiger partial charge in [0, 0.05) is 24.2 Å². The van der Waals surface area contributed by atoms with E-state index in [0.717, 1.165) is 10.8 Å². The summed E-state index contributed by atoms with van der Waals surface area (Å²) >= 11 is 0. The van der Waals surface area contributed by atoms with Crippen LogP contribution in [0.15, 0.2) is 55.0 Å². The van der Waals surface area contributed by atoms with Crippen molar-refractivity contribution >= 4 is 16.6 Å². The molecule has 2 aromatic carbocycles. The van der Waals surface area contributed by atoms with E-state index < -0.39 is 0 Å². The highest BCUT2D eigenvalue weighted by atomic mass is 16.1. The molecule has 20 heavy (non-hydrogen) atoms. The van der Waals surface area contributed by atoms with Crippen LogP contribution >= 0.6 is 0 Å². The first-order valence-corrected chi connectivity index (χ1v) is 6.51. The molecule has 3 aromatic rings. The number of carbonyl (C=O) groups excluding carboxylic acids is 1. The fourth-order valence-electron chi connectivity index (χ4n) is 2.23. The number of hydrogen-bond donors (Lipinski definition) is 0. The van der Waals surface area contributed by atoms with Crippen molar-refractivity contribution in [2.45, 2.75) is 13.3 Å². The van der Waals surface area contributed by atoms with Crippen LogP contribution in [0, 0.1) is 6.92 Å². The maximum atomic E-state index is 12.3. The fourth-order valence-corrected chi connectivity index (χ4v) is 2.23. The lowest BCUT2D eigenvalue weighted by Crippen LogP contribution is -2.05. The lowest BCUT2D eigenvalue weighted by molar-refractivity contribution is 0.0992. The summed E-state index contributed by atoms with van der Waals surface area (Å²) in [6.45, 7) is 2.06. The summed E-state index contributed by atoms with van der Waals surface area (Å²) in [5, 5.41) is 2.24. The molecule has 0 aliphatic rings. The van der Waals surface area contributed by atoms with Crippen molar-refractivity contribution in [1.82, 2.24) is 9.97 Å². The molecular formula is C17H14N2O. The zero-order valence-corrected chi connectivity index (χ0v) is 11.2. The number of fused-ring (bicyclic) bond motifs is 1. The van der Waals surface area contributed by atoms with Crippen LogP contribution in [0.25, 0.3) is 10.8 Å². The van der Waals surface area contributed by atoms with Crippen LogP contribution in [-0.2, 0) is 6.42 Å². The topological polar surface area (TPSA) is 42.9 Å². The maximum absolute atomic E-state index is 12.3. The second-order valence-corrected chi connectivity index (χ2v) is 4.86. The van der Waals surface area contributed by atoms with Gasteiger partial charge < -0.3 is 0 Å². The average molecular weight is 262 g/mol. The molecule has 1 heterocycles. The first-order chi connectivity index (χ1) is 9.72. The number of aryl methyl sites for hydroxylation is 1. The molecule has 0 fully saturated rings. The Morgan fingerprint density at radius 2 is 1.85 bits per heavy atom. The summed E-state index contributed by atoms with van der Waals surface area (Å²) in [5.74, 6) is 0.0629. The van der Waals surface area contributed by atoms with Gasteiger partial charge >= 0.3 is 0 Å². The molecule has 0 atom stereocenters. The third-order valence-electron chi connectivity index (χ3n) is 3.28. The van der Waals surface area contributed by atoms with Crippen molar-refractivity contribution < 1.29 is 4.79 Å². The number of carbonyl (C=O) groups is 1. The monoisotopic (exact) mass is 262 g/mol. The van der Waals surface area contributed by atoms with E-state index in [9.17, 15) is 4.79 Å². The summed E-state index contributed by atoms with van der Waals surface area (Å²) in [4.78, 5) is 20.4. The van der Waals surface area contributed by atoms with Gasteiger partial charge in [-0.2, -0.15) is 0 Å². The molecule has 0 aliphatic heterocycles. The summed E-state index contributed by atoms with van der Waals surface area (Å²) in [6.07, 6.45) is 5.12. The van der Waals surface area contributed by atoms with Crippen LogP contribution in [0.3, 0.4) is 0 Å². The number of benzene rings is 2. The van der Waals surface area contributed by atoms with Crippen LogP contribution in [0.4, 0.5) is 0 Å². The van der Waals surface area contributed by atoms with Crippen molar-refractivity contribution in [2.75, 3.05) is 0 Å². The molecule has 0 unspecified atom stereocenters. The highest BCUT2D eigenvalue weighted by Gasteiger charge is 2.08. The third-order valence-corrected chi connectivity index (χ3v) is 3.28. The molecule has 3 nitrogen and oxygen atoms in total. The number of rotatable bonds is 3. The molecule has 0 spiro atoms. The minimum Gasteiger partial charge on any atom is -0.294 e.